The minimum Gasteiger partial charge on any atom is -0.462 e. The van der Waals surface area contributed by atoms with Crippen molar-refractivity contribution in [2.75, 3.05) is 43.9 Å². The first-order chi connectivity index (χ1) is 10.0. The maximum atomic E-state index is 12.0. The van der Waals surface area contributed by atoms with Crippen molar-refractivity contribution in [1.82, 2.24) is 9.88 Å². The first-order valence-electron chi connectivity index (χ1n) is 6.95. The number of carbonyl (C=O) groups excluding carboxylic acids is 2. The van der Waals surface area contributed by atoms with Gasteiger partial charge >= 0.3 is 5.97 Å². The number of nitrogen functional groups attached to an aromatic ring is 1. The Bertz CT molecular complexity index is 547. The van der Waals surface area contributed by atoms with Gasteiger partial charge < -0.3 is 20.3 Å². The molecule has 0 spiro atoms. The Morgan fingerprint density at radius 2 is 2.24 bits per heavy atom. The van der Waals surface area contributed by atoms with Gasteiger partial charge in [0.05, 0.1) is 24.4 Å². The van der Waals surface area contributed by atoms with Crippen LogP contribution in [0.4, 0.5) is 11.5 Å². The average Bonchev–Trinajstić information content (AvgIpc) is 2.61. The third-order valence-electron chi connectivity index (χ3n) is 3.44. The maximum absolute atomic E-state index is 12.0. The van der Waals surface area contributed by atoms with Crippen LogP contribution in [-0.2, 0) is 9.53 Å². The number of anilines is 2. The van der Waals surface area contributed by atoms with Crippen molar-refractivity contribution < 1.29 is 14.3 Å². The highest BCUT2D eigenvalue weighted by atomic mass is 16.5. The van der Waals surface area contributed by atoms with Crippen LogP contribution in [0.25, 0.3) is 0 Å². The number of hydrogen-bond donors (Lipinski definition) is 1. The Morgan fingerprint density at radius 3 is 2.95 bits per heavy atom. The van der Waals surface area contributed by atoms with Crippen LogP contribution in [0.15, 0.2) is 12.3 Å². The van der Waals surface area contributed by atoms with Gasteiger partial charge in [-0.2, -0.15) is 0 Å². The molecular weight excluding hydrogens is 272 g/mol. The lowest BCUT2D eigenvalue weighted by molar-refractivity contribution is -0.127. The third-order valence-corrected chi connectivity index (χ3v) is 3.44. The van der Waals surface area contributed by atoms with Gasteiger partial charge in [0.15, 0.2) is 5.82 Å². The minimum absolute atomic E-state index is 0.00948. The van der Waals surface area contributed by atoms with Crippen molar-refractivity contribution in [3.05, 3.63) is 17.8 Å². The summed E-state index contributed by atoms with van der Waals surface area (Å²) in [7, 11) is 1.78. The van der Waals surface area contributed by atoms with Crippen molar-refractivity contribution in [3.8, 4) is 0 Å². The van der Waals surface area contributed by atoms with Gasteiger partial charge in [0.2, 0.25) is 5.91 Å². The van der Waals surface area contributed by atoms with E-state index in [9.17, 15) is 9.59 Å². The zero-order chi connectivity index (χ0) is 15.4. The molecule has 0 radical (unpaired) electrons. The molecule has 2 N–H and O–H groups in total. The molecular formula is C14H20N4O3. The zero-order valence-corrected chi connectivity index (χ0v) is 12.3. The molecule has 1 saturated heterocycles. The Morgan fingerprint density at radius 1 is 1.48 bits per heavy atom. The molecule has 114 valence electrons. The maximum Gasteiger partial charge on any atom is 0.340 e. The monoisotopic (exact) mass is 292 g/mol. The van der Waals surface area contributed by atoms with E-state index in [1.54, 1.807) is 18.9 Å². The number of nitrogens with two attached hydrogens (primary N) is 1. The number of carbonyl (C=O) groups is 2. The van der Waals surface area contributed by atoms with E-state index in [4.69, 9.17) is 10.5 Å². The number of aromatic nitrogens is 1. The summed E-state index contributed by atoms with van der Waals surface area (Å²) in [5, 5.41) is 0. The average molecular weight is 292 g/mol. The largest absolute Gasteiger partial charge is 0.462 e. The molecule has 1 aromatic rings. The molecule has 1 aliphatic rings. The van der Waals surface area contributed by atoms with Gasteiger partial charge in [-0.25, -0.2) is 9.78 Å². The van der Waals surface area contributed by atoms with Crippen molar-refractivity contribution in [2.24, 2.45) is 0 Å². The fourth-order valence-electron chi connectivity index (χ4n) is 2.27. The Balaban J connectivity index is 2.29. The molecule has 0 atom stereocenters. The molecule has 0 bridgehead atoms. The van der Waals surface area contributed by atoms with Gasteiger partial charge in [0.25, 0.3) is 0 Å². The number of likely N-dealkylation sites (N-methyl/N-ethyl adjacent to an activating group) is 1. The normalized spacial score (nSPS) is 15.8. The molecule has 1 amide bonds. The standard InChI is InChI=1S/C14H20N4O3/c1-3-21-14(20)10-5-6-16-13(12(10)15)18-8-4-7-17(2)11(19)9-18/h5-6H,3-4,7-9,15H2,1-2H3. The number of hydrogen-bond acceptors (Lipinski definition) is 6. The van der Waals surface area contributed by atoms with Crippen LogP contribution in [0.2, 0.25) is 0 Å². The van der Waals surface area contributed by atoms with Gasteiger partial charge in [-0.1, -0.05) is 0 Å². The molecule has 7 heteroatoms. The fourth-order valence-corrected chi connectivity index (χ4v) is 2.27. The number of ether oxygens (including phenoxy) is 1. The molecule has 1 fully saturated rings. The van der Waals surface area contributed by atoms with Crippen LogP contribution in [-0.4, -0.2) is 55.0 Å². The summed E-state index contributed by atoms with van der Waals surface area (Å²) < 4.78 is 4.97. The lowest BCUT2D eigenvalue weighted by Gasteiger charge is -2.22. The second kappa shape index (κ2) is 6.43. The van der Waals surface area contributed by atoms with Gasteiger partial charge in [0, 0.05) is 26.3 Å². The highest BCUT2D eigenvalue weighted by Crippen LogP contribution is 2.25. The molecule has 1 aliphatic heterocycles. The minimum atomic E-state index is -0.475. The lowest BCUT2D eigenvalue weighted by atomic mass is 10.2. The van der Waals surface area contributed by atoms with E-state index in [-0.39, 0.29) is 30.3 Å². The SMILES string of the molecule is CCOC(=O)c1ccnc(N2CCCN(C)C(=O)C2)c1N. The summed E-state index contributed by atoms with van der Waals surface area (Å²) in [6.45, 7) is 3.59. The summed E-state index contributed by atoms with van der Waals surface area (Å²) in [6, 6.07) is 1.53. The summed E-state index contributed by atoms with van der Waals surface area (Å²) in [5.41, 5.74) is 6.59. The number of rotatable bonds is 3. The van der Waals surface area contributed by atoms with Crippen LogP contribution in [0.1, 0.15) is 23.7 Å². The Kier molecular flexibility index (Phi) is 4.62. The Hall–Kier alpha value is -2.31. The van der Waals surface area contributed by atoms with Crippen molar-refractivity contribution >= 4 is 23.4 Å². The van der Waals surface area contributed by atoms with E-state index in [0.29, 0.717) is 18.9 Å². The summed E-state index contributed by atoms with van der Waals surface area (Å²) in [5.74, 6) is -0.00337. The van der Waals surface area contributed by atoms with E-state index in [1.807, 2.05) is 4.90 Å². The first-order valence-corrected chi connectivity index (χ1v) is 6.95. The van der Waals surface area contributed by atoms with Crippen LogP contribution < -0.4 is 10.6 Å². The third kappa shape index (κ3) is 3.24. The molecule has 1 aromatic heterocycles. The van der Waals surface area contributed by atoms with Crippen molar-refractivity contribution in [1.29, 1.82) is 0 Å². The lowest BCUT2D eigenvalue weighted by Crippen LogP contribution is -2.35. The van der Waals surface area contributed by atoms with Crippen molar-refractivity contribution in [3.63, 3.8) is 0 Å². The van der Waals surface area contributed by atoms with Crippen LogP contribution in [0, 0.1) is 0 Å². The number of amides is 1. The smallest absolute Gasteiger partial charge is 0.340 e. The quantitative estimate of drug-likeness (QED) is 0.817. The zero-order valence-electron chi connectivity index (χ0n) is 12.3. The van der Waals surface area contributed by atoms with Gasteiger partial charge in [-0.05, 0) is 19.4 Å². The number of esters is 1. The molecule has 2 rings (SSSR count). The predicted molar refractivity (Wildman–Crippen MR) is 79.1 cm³/mol. The van der Waals surface area contributed by atoms with Gasteiger partial charge in [-0.15, -0.1) is 0 Å². The van der Waals surface area contributed by atoms with Crippen LogP contribution in [0.3, 0.4) is 0 Å². The molecule has 21 heavy (non-hydrogen) atoms. The topological polar surface area (TPSA) is 88.8 Å². The first kappa shape index (κ1) is 15.1. The molecule has 2 heterocycles. The highest BCUT2D eigenvalue weighted by Gasteiger charge is 2.23. The second-order valence-corrected chi connectivity index (χ2v) is 4.91. The summed E-state index contributed by atoms with van der Waals surface area (Å²) >= 11 is 0. The fraction of sp³-hybridized carbons (Fsp3) is 0.500. The van der Waals surface area contributed by atoms with Gasteiger partial charge in [0.1, 0.15) is 0 Å². The van der Waals surface area contributed by atoms with Crippen LogP contribution >= 0.6 is 0 Å². The molecule has 0 aliphatic carbocycles. The summed E-state index contributed by atoms with van der Waals surface area (Å²) in [6.07, 6.45) is 2.34. The molecule has 0 aromatic carbocycles. The van der Waals surface area contributed by atoms with E-state index in [0.717, 1.165) is 6.42 Å². The van der Waals surface area contributed by atoms with E-state index in [2.05, 4.69) is 4.98 Å². The van der Waals surface area contributed by atoms with E-state index < -0.39 is 5.97 Å². The molecule has 7 nitrogen and oxygen atoms in total. The molecule has 0 unspecified atom stereocenters. The summed E-state index contributed by atoms with van der Waals surface area (Å²) in [4.78, 5) is 31.5. The van der Waals surface area contributed by atoms with E-state index >= 15 is 0 Å². The van der Waals surface area contributed by atoms with Crippen molar-refractivity contribution in [2.45, 2.75) is 13.3 Å². The van der Waals surface area contributed by atoms with E-state index in [1.165, 1.54) is 12.3 Å². The highest BCUT2D eigenvalue weighted by molar-refractivity contribution is 5.98. The second-order valence-electron chi connectivity index (χ2n) is 4.91. The molecule has 0 saturated carbocycles. The predicted octanol–water partition coefficient (Wildman–Crippen LogP) is 0.509. The number of pyridine rings is 1. The van der Waals surface area contributed by atoms with Gasteiger partial charge in [-0.3, -0.25) is 4.79 Å². The number of nitrogens with zero attached hydrogens (tertiary/aromatic N) is 3. The Labute approximate surface area is 123 Å². The van der Waals surface area contributed by atoms with Crippen LogP contribution in [0.5, 0.6) is 0 Å².